The minimum absolute atomic E-state index is 0. The third kappa shape index (κ3) is 11.5. The maximum absolute atomic E-state index is 13.2. The Morgan fingerprint density at radius 2 is 1.34 bits per heavy atom. The molecule has 0 aliphatic carbocycles. The predicted octanol–water partition coefficient (Wildman–Crippen LogP) is 5.31. The Morgan fingerprint density at radius 3 is 1.80 bits per heavy atom. The Balaban J connectivity index is 0.000000525. The van der Waals surface area contributed by atoms with E-state index in [9.17, 15) is 8.78 Å². The molecule has 10 heteroatoms. The van der Waals surface area contributed by atoms with E-state index in [1.165, 1.54) is 23.8 Å². The number of benzene rings is 2. The molecule has 35 heavy (non-hydrogen) atoms. The number of phenols is 1. The Hall–Kier alpha value is -1.99. The van der Waals surface area contributed by atoms with Crippen LogP contribution in [0.25, 0.3) is 0 Å². The molecule has 0 saturated carbocycles. The number of halogens is 2. The summed E-state index contributed by atoms with van der Waals surface area (Å²) in [5.74, 6) is -0.137. The monoisotopic (exact) mass is 628 g/mol. The van der Waals surface area contributed by atoms with Crippen LogP contribution in [0.1, 0.15) is 16.7 Å². The summed E-state index contributed by atoms with van der Waals surface area (Å²) in [5, 5.41) is 8.93. The van der Waals surface area contributed by atoms with Gasteiger partial charge in [0.2, 0.25) is 0 Å². The van der Waals surface area contributed by atoms with Gasteiger partial charge in [-0.05, 0) is 37.1 Å². The second-order valence-corrected chi connectivity index (χ2v) is 6.98. The molecule has 5 N–H and O–H groups in total. The Kier molecular flexibility index (Phi) is 15.7. The van der Waals surface area contributed by atoms with Gasteiger partial charge in [-0.25, -0.2) is 8.78 Å². The van der Waals surface area contributed by atoms with Crippen molar-refractivity contribution in [2.45, 2.75) is 20.8 Å². The zero-order valence-corrected chi connectivity index (χ0v) is 25.3. The molecule has 0 unspecified atom stereocenters. The number of rotatable bonds is 2. The van der Waals surface area contributed by atoms with Crippen LogP contribution < -0.4 is 16.2 Å². The van der Waals surface area contributed by atoms with Gasteiger partial charge in [-0.3, -0.25) is 0 Å². The van der Waals surface area contributed by atoms with Gasteiger partial charge < -0.3 is 31.3 Å². The average Bonchev–Trinajstić information content (AvgIpc) is 2.78. The predicted molar refractivity (Wildman–Crippen MR) is 124 cm³/mol. The summed E-state index contributed by atoms with van der Waals surface area (Å²) in [6, 6.07) is 12.2. The van der Waals surface area contributed by atoms with Crippen molar-refractivity contribution in [3.8, 4) is 17.2 Å². The molecule has 4 aromatic rings. The van der Waals surface area contributed by atoms with E-state index in [2.05, 4.69) is 22.4 Å². The van der Waals surface area contributed by atoms with Gasteiger partial charge in [0.25, 0.3) is 0 Å². The van der Waals surface area contributed by atoms with Gasteiger partial charge >= 0.3 is 0 Å². The first-order valence-electron chi connectivity index (χ1n) is 9.76. The second-order valence-electron chi connectivity index (χ2n) is 6.98. The van der Waals surface area contributed by atoms with Crippen LogP contribution in [0.3, 0.4) is 0 Å². The number of nitrogens with two attached hydrogens (primary N) is 2. The maximum Gasteiger partial charge on any atom is 0.149 e. The van der Waals surface area contributed by atoms with E-state index >= 15 is 0 Å². The molecule has 0 bridgehead atoms. The summed E-state index contributed by atoms with van der Waals surface area (Å²) in [5.41, 5.74) is 13.4. The number of aryl methyl sites for hydroxylation is 3. The normalized spacial score (nSPS) is 9.17. The van der Waals surface area contributed by atoms with Crippen molar-refractivity contribution in [3.63, 3.8) is 0 Å². The Morgan fingerprint density at radius 1 is 0.800 bits per heavy atom. The number of ether oxygens (including phenoxy) is 1. The van der Waals surface area contributed by atoms with Crippen LogP contribution >= 0.6 is 0 Å². The fourth-order valence-corrected chi connectivity index (χ4v) is 2.37. The zero-order chi connectivity index (χ0) is 24.4. The van der Waals surface area contributed by atoms with Crippen LogP contribution in [0, 0.1) is 44.8 Å². The number of aromatic hydroxyl groups is 1. The topological polar surface area (TPSA) is 107 Å². The first-order valence-corrected chi connectivity index (χ1v) is 9.76. The molecule has 4 rings (SSSR count). The third-order valence-corrected chi connectivity index (χ3v) is 4.21. The number of hydrogen-bond acceptors (Lipinski definition) is 6. The first-order chi connectivity index (χ1) is 15.7. The van der Waals surface area contributed by atoms with Crippen molar-refractivity contribution in [2.75, 3.05) is 11.5 Å². The van der Waals surface area contributed by atoms with Crippen LogP contribution in [0.15, 0.2) is 60.9 Å². The fraction of sp³-hybridized carbons (Fsp3) is 0.120. The molecule has 0 fully saturated rings. The molecule has 2 radical (unpaired) electrons. The first kappa shape index (κ1) is 33.0. The van der Waals surface area contributed by atoms with E-state index in [1.54, 1.807) is 38.4 Å². The van der Waals surface area contributed by atoms with Gasteiger partial charge in [-0.2, -0.15) is 17.7 Å². The summed E-state index contributed by atoms with van der Waals surface area (Å²) in [7, 11) is 0. The summed E-state index contributed by atoms with van der Waals surface area (Å²) in [4.78, 5) is 7.46. The van der Waals surface area contributed by atoms with Gasteiger partial charge in [-0.15, -0.1) is 12.1 Å². The molecule has 0 aliphatic heterocycles. The Labute approximate surface area is 254 Å². The molecule has 0 saturated heterocycles. The molecule has 178 valence electrons. The molecule has 0 aliphatic rings. The summed E-state index contributed by atoms with van der Waals surface area (Å²) < 4.78 is 31.2. The summed E-state index contributed by atoms with van der Waals surface area (Å²) in [6.07, 6.45) is 8.63. The van der Waals surface area contributed by atoms with Crippen LogP contribution in [0.2, 0.25) is 0 Å². The van der Waals surface area contributed by atoms with Gasteiger partial charge in [0.05, 0.1) is 11.4 Å². The number of hydrogen-bond donors (Lipinski definition) is 3. The molecule has 6 nitrogen and oxygen atoms in total. The van der Waals surface area contributed by atoms with Gasteiger partial charge in [0.15, 0.2) is 0 Å². The average molecular weight is 628 g/mol. The van der Waals surface area contributed by atoms with Crippen molar-refractivity contribution in [1.82, 2.24) is 9.97 Å². The number of anilines is 2. The quantitative estimate of drug-likeness (QED) is 0.158. The van der Waals surface area contributed by atoms with Crippen LogP contribution in [-0.2, 0) is 65.4 Å². The van der Waals surface area contributed by atoms with E-state index in [0.717, 1.165) is 11.6 Å². The fourth-order valence-electron chi connectivity index (χ4n) is 2.37. The number of nitrogen functional groups attached to an aromatic ring is 2. The van der Waals surface area contributed by atoms with Crippen molar-refractivity contribution in [2.24, 2.45) is 0 Å². The number of nitrogens with zero attached hydrogens (tertiary/aromatic N) is 2. The second kappa shape index (κ2) is 16.6. The molecular weight excluding hydrogens is 604 g/mol. The van der Waals surface area contributed by atoms with E-state index < -0.39 is 11.6 Å². The zero-order valence-electron chi connectivity index (χ0n) is 19.6. The largest absolute Gasteiger partial charge is 0.516 e. The van der Waals surface area contributed by atoms with Crippen molar-refractivity contribution >= 4 is 11.4 Å². The summed E-state index contributed by atoms with van der Waals surface area (Å²) >= 11 is 0. The minimum Gasteiger partial charge on any atom is -0.516 e. The third-order valence-electron chi connectivity index (χ3n) is 4.21. The number of pyridine rings is 2. The van der Waals surface area contributed by atoms with Gasteiger partial charge in [0.1, 0.15) is 23.1 Å². The van der Waals surface area contributed by atoms with Crippen molar-refractivity contribution < 1.29 is 84.0 Å². The minimum atomic E-state index is -0.580. The van der Waals surface area contributed by atoms with Crippen LogP contribution in [0.4, 0.5) is 20.2 Å². The maximum atomic E-state index is 13.2. The van der Waals surface area contributed by atoms with Crippen LogP contribution in [0.5, 0.6) is 17.2 Å². The van der Waals surface area contributed by atoms with Crippen LogP contribution in [-0.4, -0.2) is 15.1 Å². The molecule has 0 amide bonds. The number of aromatic nitrogens is 2. The van der Waals surface area contributed by atoms with E-state index in [-0.39, 0.29) is 82.5 Å². The smallest absolute Gasteiger partial charge is 0.149 e. The standard InChI is InChI=1S/C12H10FN2O.C7H8FNO.C6H6N.2Y/c1-8-6-11(14)10(13)7-12(8)16-9-2-4-15-5-3-9;1-4-2-6(9)5(8)3-7(4)10;1-6-2-4-7-5-3-6;;/h2-4,6-7H,14H2,1H3;2-3,10H,9H2,1H3;2-4H,1H3;;/q-1;;-1;;. The molecule has 0 spiro atoms. The SMILES string of the molecule is Cc1c[c-]ncc1.Cc1cc(N)c(F)cc1O.Cc1cc(N)c(F)cc1Oc1c[c-]ncc1.[Y].[Y]. The van der Waals surface area contributed by atoms with E-state index in [1.807, 2.05) is 19.1 Å². The molecule has 2 aromatic carbocycles. The van der Waals surface area contributed by atoms with Crippen molar-refractivity contribution in [1.29, 1.82) is 0 Å². The van der Waals surface area contributed by atoms with Gasteiger partial charge in [-0.1, -0.05) is 31.7 Å². The Bertz CT molecular complexity index is 1130. The molecule has 2 aromatic heterocycles. The van der Waals surface area contributed by atoms with E-state index in [4.69, 9.17) is 21.3 Å². The number of phenolic OH excluding ortho intramolecular Hbond substituents is 1. The molecule has 0 atom stereocenters. The van der Waals surface area contributed by atoms with E-state index in [0.29, 0.717) is 17.1 Å². The summed E-state index contributed by atoms with van der Waals surface area (Å²) in [6.45, 7) is 5.47. The van der Waals surface area contributed by atoms with Crippen molar-refractivity contribution in [3.05, 3.63) is 102 Å². The molecule has 2 heterocycles. The molecular formula is C25H24F2N4O2Y2-2. The van der Waals surface area contributed by atoms with Gasteiger partial charge in [0, 0.05) is 83.3 Å².